The fourth-order valence-electron chi connectivity index (χ4n) is 1.58. The number of nitrogens with one attached hydrogen (secondary N) is 1. The molecule has 0 amide bonds. The van der Waals surface area contributed by atoms with Crippen LogP contribution in [-0.4, -0.2) is 19.8 Å². The molecule has 1 heterocycles. The molecule has 0 aliphatic carbocycles. The zero-order chi connectivity index (χ0) is 11.8. The van der Waals surface area contributed by atoms with Crippen molar-refractivity contribution in [1.82, 2.24) is 5.32 Å². The Labute approximate surface area is 103 Å². The van der Waals surface area contributed by atoms with Crippen LogP contribution in [0.1, 0.15) is 43.2 Å². The van der Waals surface area contributed by atoms with Crippen LogP contribution in [0.2, 0.25) is 0 Å². The lowest BCUT2D eigenvalue weighted by Gasteiger charge is -2.17. The smallest absolute Gasteiger partial charge is 0.0661 e. The van der Waals surface area contributed by atoms with E-state index in [1.807, 2.05) is 11.3 Å². The molecule has 0 saturated heterocycles. The fourth-order valence-corrected chi connectivity index (χ4v) is 2.34. The van der Waals surface area contributed by atoms with Crippen LogP contribution in [0, 0.1) is 6.92 Å². The maximum absolute atomic E-state index is 5.65. The molecule has 0 bridgehead atoms. The number of hydrogen-bond donors (Lipinski definition) is 1. The third-order valence-corrected chi connectivity index (χ3v) is 3.31. The highest BCUT2D eigenvalue weighted by molar-refractivity contribution is 7.10. The summed E-state index contributed by atoms with van der Waals surface area (Å²) in [4.78, 5) is 1.37. The fraction of sp³-hybridized carbons (Fsp3) is 0.692. The number of rotatable bonds is 8. The lowest BCUT2D eigenvalue weighted by molar-refractivity contribution is 0.112. The van der Waals surface area contributed by atoms with Gasteiger partial charge in [-0.3, -0.25) is 0 Å². The molecule has 3 heteroatoms. The summed E-state index contributed by atoms with van der Waals surface area (Å²) < 4.78 is 5.65. The van der Waals surface area contributed by atoms with Gasteiger partial charge < -0.3 is 10.1 Å². The van der Waals surface area contributed by atoms with E-state index in [0.717, 1.165) is 32.6 Å². The summed E-state index contributed by atoms with van der Waals surface area (Å²) in [6, 6.07) is 2.62. The van der Waals surface area contributed by atoms with Crippen LogP contribution in [0.25, 0.3) is 0 Å². The van der Waals surface area contributed by atoms with Gasteiger partial charge in [-0.15, -0.1) is 11.3 Å². The molecular formula is C13H23NOS. The third-order valence-electron chi connectivity index (χ3n) is 2.43. The van der Waals surface area contributed by atoms with Crippen molar-refractivity contribution >= 4 is 11.3 Å². The first-order valence-corrected chi connectivity index (χ1v) is 7.02. The predicted molar refractivity (Wildman–Crippen MR) is 71.2 cm³/mol. The van der Waals surface area contributed by atoms with Crippen LogP contribution in [0.15, 0.2) is 11.4 Å². The molecule has 0 aliphatic rings. The Balaban J connectivity index is 2.49. The molecule has 16 heavy (non-hydrogen) atoms. The number of ether oxygens (including phenoxy) is 1. The summed E-state index contributed by atoms with van der Waals surface area (Å²) in [5.74, 6) is 0. The van der Waals surface area contributed by atoms with Crippen LogP contribution < -0.4 is 5.32 Å². The van der Waals surface area contributed by atoms with Crippen molar-refractivity contribution in [2.24, 2.45) is 0 Å². The minimum absolute atomic E-state index is 0.358. The van der Waals surface area contributed by atoms with Gasteiger partial charge in [0.05, 0.1) is 12.6 Å². The van der Waals surface area contributed by atoms with Crippen molar-refractivity contribution < 1.29 is 4.74 Å². The van der Waals surface area contributed by atoms with E-state index in [-0.39, 0.29) is 0 Å². The number of aryl methyl sites for hydroxylation is 1. The lowest BCUT2D eigenvalue weighted by atomic mass is 10.1. The van der Waals surface area contributed by atoms with Gasteiger partial charge in [-0.05, 0) is 43.3 Å². The summed E-state index contributed by atoms with van der Waals surface area (Å²) in [5, 5.41) is 5.77. The SMILES string of the molecule is CCCNC(COCCC)c1csc(C)c1. The minimum atomic E-state index is 0.358. The van der Waals surface area contributed by atoms with Gasteiger partial charge in [0.2, 0.25) is 0 Å². The van der Waals surface area contributed by atoms with E-state index in [1.54, 1.807) is 0 Å². The molecule has 2 nitrogen and oxygen atoms in total. The summed E-state index contributed by atoms with van der Waals surface area (Å²) in [6.45, 7) is 9.17. The van der Waals surface area contributed by atoms with Crippen LogP contribution >= 0.6 is 11.3 Å². The van der Waals surface area contributed by atoms with Crippen LogP contribution in [-0.2, 0) is 4.74 Å². The Bertz CT molecular complexity index is 285. The molecule has 1 atom stereocenters. The molecule has 0 aromatic carbocycles. The van der Waals surface area contributed by atoms with Crippen LogP contribution in [0.3, 0.4) is 0 Å². The zero-order valence-corrected chi connectivity index (χ0v) is 11.4. The normalized spacial score (nSPS) is 12.9. The summed E-state index contributed by atoms with van der Waals surface area (Å²) in [7, 11) is 0. The van der Waals surface area contributed by atoms with E-state index < -0.39 is 0 Å². The lowest BCUT2D eigenvalue weighted by Crippen LogP contribution is -2.26. The Morgan fingerprint density at radius 1 is 1.38 bits per heavy atom. The Morgan fingerprint density at radius 3 is 2.75 bits per heavy atom. The highest BCUT2D eigenvalue weighted by atomic mass is 32.1. The quantitative estimate of drug-likeness (QED) is 0.703. The first kappa shape index (κ1) is 13.7. The number of hydrogen-bond acceptors (Lipinski definition) is 3. The highest BCUT2D eigenvalue weighted by Crippen LogP contribution is 2.20. The van der Waals surface area contributed by atoms with E-state index in [4.69, 9.17) is 4.74 Å². The minimum Gasteiger partial charge on any atom is -0.379 e. The van der Waals surface area contributed by atoms with Gasteiger partial charge in [0, 0.05) is 11.5 Å². The maximum atomic E-state index is 5.65. The first-order chi connectivity index (χ1) is 7.77. The van der Waals surface area contributed by atoms with E-state index in [0.29, 0.717) is 6.04 Å². The summed E-state index contributed by atoms with van der Waals surface area (Å²) in [6.07, 6.45) is 2.25. The number of thiophene rings is 1. The van der Waals surface area contributed by atoms with E-state index in [2.05, 4.69) is 37.5 Å². The third kappa shape index (κ3) is 4.64. The van der Waals surface area contributed by atoms with Crippen molar-refractivity contribution in [3.8, 4) is 0 Å². The van der Waals surface area contributed by atoms with Gasteiger partial charge in [-0.1, -0.05) is 13.8 Å². The van der Waals surface area contributed by atoms with Crippen molar-refractivity contribution in [3.63, 3.8) is 0 Å². The van der Waals surface area contributed by atoms with Gasteiger partial charge in [0.15, 0.2) is 0 Å². The molecule has 0 aliphatic heterocycles. The monoisotopic (exact) mass is 241 g/mol. The van der Waals surface area contributed by atoms with Gasteiger partial charge in [-0.2, -0.15) is 0 Å². The average molecular weight is 241 g/mol. The first-order valence-electron chi connectivity index (χ1n) is 6.14. The second kappa shape index (κ2) is 7.82. The second-order valence-corrected chi connectivity index (χ2v) is 5.19. The largest absolute Gasteiger partial charge is 0.379 e. The molecule has 0 spiro atoms. The molecule has 92 valence electrons. The van der Waals surface area contributed by atoms with E-state index in [9.17, 15) is 0 Å². The molecule has 0 fully saturated rings. The van der Waals surface area contributed by atoms with Gasteiger partial charge in [-0.25, -0.2) is 0 Å². The van der Waals surface area contributed by atoms with Crippen molar-refractivity contribution in [1.29, 1.82) is 0 Å². The maximum Gasteiger partial charge on any atom is 0.0661 e. The van der Waals surface area contributed by atoms with E-state index in [1.165, 1.54) is 10.4 Å². The molecule has 0 saturated carbocycles. The molecule has 1 N–H and O–H groups in total. The van der Waals surface area contributed by atoms with Crippen LogP contribution in [0.4, 0.5) is 0 Å². The van der Waals surface area contributed by atoms with Gasteiger partial charge in [0.1, 0.15) is 0 Å². The molecule has 1 aromatic heterocycles. The summed E-state index contributed by atoms with van der Waals surface area (Å²) in [5.41, 5.74) is 1.37. The standard InChI is InChI=1S/C13H23NOS/c1-4-6-14-13(9-15-7-5-2)12-8-11(3)16-10-12/h8,10,13-14H,4-7,9H2,1-3H3. The van der Waals surface area contributed by atoms with Crippen molar-refractivity contribution in [3.05, 3.63) is 21.9 Å². The molecule has 1 unspecified atom stereocenters. The molecule has 1 aromatic rings. The second-order valence-electron chi connectivity index (χ2n) is 4.07. The molecule has 1 rings (SSSR count). The van der Waals surface area contributed by atoms with Gasteiger partial charge >= 0.3 is 0 Å². The zero-order valence-electron chi connectivity index (χ0n) is 10.6. The Morgan fingerprint density at radius 2 is 2.19 bits per heavy atom. The average Bonchev–Trinajstić information content (AvgIpc) is 2.70. The highest BCUT2D eigenvalue weighted by Gasteiger charge is 2.11. The van der Waals surface area contributed by atoms with Crippen molar-refractivity contribution in [2.75, 3.05) is 19.8 Å². The Hall–Kier alpha value is -0.380. The van der Waals surface area contributed by atoms with E-state index >= 15 is 0 Å². The van der Waals surface area contributed by atoms with Crippen molar-refractivity contribution in [2.45, 2.75) is 39.7 Å². The topological polar surface area (TPSA) is 21.3 Å². The molecular weight excluding hydrogens is 218 g/mol. The molecule has 0 radical (unpaired) electrons. The van der Waals surface area contributed by atoms with Gasteiger partial charge in [0.25, 0.3) is 0 Å². The Kier molecular flexibility index (Phi) is 6.69. The summed E-state index contributed by atoms with van der Waals surface area (Å²) >= 11 is 1.81. The van der Waals surface area contributed by atoms with Crippen LogP contribution in [0.5, 0.6) is 0 Å². The predicted octanol–water partition coefficient (Wildman–Crippen LogP) is 3.52.